The predicted molar refractivity (Wildman–Crippen MR) is 104 cm³/mol. The van der Waals surface area contributed by atoms with E-state index in [1.165, 1.54) is 6.08 Å². The molecule has 26 heavy (non-hydrogen) atoms. The SMILES string of the molecule is Cn1cc(C(=O)NCCNC(=O)C=Cc2ccccc2)c2ccccc21. The summed E-state index contributed by atoms with van der Waals surface area (Å²) in [4.78, 5) is 24.2. The molecule has 0 fully saturated rings. The molecule has 0 aliphatic carbocycles. The molecule has 3 aromatic rings. The number of hydrogen-bond acceptors (Lipinski definition) is 2. The van der Waals surface area contributed by atoms with Gasteiger partial charge in [-0.1, -0.05) is 48.5 Å². The van der Waals surface area contributed by atoms with Gasteiger partial charge < -0.3 is 15.2 Å². The maximum atomic E-state index is 12.4. The van der Waals surface area contributed by atoms with Crippen molar-refractivity contribution in [2.24, 2.45) is 7.05 Å². The minimum Gasteiger partial charge on any atom is -0.351 e. The minimum atomic E-state index is -0.187. The smallest absolute Gasteiger partial charge is 0.253 e. The number of amides is 2. The molecule has 1 aromatic heterocycles. The molecular weight excluding hydrogens is 326 g/mol. The van der Waals surface area contributed by atoms with E-state index in [0.29, 0.717) is 18.7 Å². The van der Waals surface area contributed by atoms with Crippen LogP contribution in [0, 0.1) is 0 Å². The molecule has 0 aliphatic rings. The fraction of sp³-hybridized carbons (Fsp3) is 0.143. The molecule has 1 heterocycles. The Labute approximate surface area is 152 Å². The number of hydrogen-bond donors (Lipinski definition) is 2. The van der Waals surface area contributed by atoms with Crippen molar-refractivity contribution in [1.29, 1.82) is 0 Å². The zero-order chi connectivity index (χ0) is 18.4. The van der Waals surface area contributed by atoms with Gasteiger partial charge in [-0.2, -0.15) is 0 Å². The summed E-state index contributed by atoms with van der Waals surface area (Å²) in [7, 11) is 1.92. The molecule has 0 saturated heterocycles. The second-order valence-electron chi connectivity index (χ2n) is 5.96. The maximum absolute atomic E-state index is 12.4. The van der Waals surface area contributed by atoms with Crippen molar-refractivity contribution in [2.75, 3.05) is 13.1 Å². The van der Waals surface area contributed by atoms with Gasteiger partial charge in [0.05, 0.1) is 5.56 Å². The Hall–Kier alpha value is -3.34. The summed E-state index contributed by atoms with van der Waals surface area (Å²) in [6.45, 7) is 0.738. The lowest BCUT2D eigenvalue weighted by atomic mass is 10.1. The molecule has 2 N–H and O–H groups in total. The van der Waals surface area contributed by atoms with Gasteiger partial charge in [0, 0.05) is 43.3 Å². The Balaban J connectivity index is 1.48. The second-order valence-corrected chi connectivity index (χ2v) is 5.96. The van der Waals surface area contributed by atoms with E-state index in [2.05, 4.69) is 10.6 Å². The van der Waals surface area contributed by atoms with E-state index >= 15 is 0 Å². The highest BCUT2D eigenvalue weighted by molar-refractivity contribution is 6.07. The normalized spacial score (nSPS) is 11.0. The maximum Gasteiger partial charge on any atom is 0.253 e. The molecule has 0 unspecified atom stereocenters. The molecule has 5 heteroatoms. The zero-order valence-corrected chi connectivity index (χ0v) is 14.6. The molecule has 0 atom stereocenters. The first-order valence-electron chi connectivity index (χ1n) is 8.48. The number of carbonyl (C=O) groups is 2. The third-order valence-corrected chi connectivity index (χ3v) is 4.08. The summed E-state index contributed by atoms with van der Waals surface area (Å²) in [6.07, 6.45) is 5.06. The molecule has 3 rings (SSSR count). The first-order chi connectivity index (χ1) is 12.6. The van der Waals surface area contributed by atoms with Crippen molar-refractivity contribution < 1.29 is 9.59 Å². The van der Waals surface area contributed by atoms with Crippen molar-refractivity contribution in [3.63, 3.8) is 0 Å². The summed E-state index contributed by atoms with van der Waals surface area (Å²) < 4.78 is 1.93. The number of benzene rings is 2. The molecule has 2 amide bonds. The van der Waals surface area contributed by atoms with Crippen LogP contribution in [0.4, 0.5) is 0 Å². The minimum absolute atomic E-state index is 0.143. The van der Waals surface area contributed by atoms with Crippen LogP contribution >= 0.6 is 0 Å². The fourth-order valence-electron chi connectivity index (χ4n) is 2.77. The van der Waals surface area contributed by atoms with Crippen molar-refractivity contribution in [2.45, 2.75) is 0 Å². The zero-order valence-electron chi connectivity index (χ0n) is 14.6. The van der Waals surface area contributed by atoms with Crippen LogP contribution in [0.2, 0.25) is 0 Å². The van der Waals surface area contributed by atoms with E-state index in [1.807, 2.05) is 72.4 Å². The van der Waals surface area contributed by atoms with Crippen LogP contribution in [0.15, 0.2) is 66.9 Å². The van der Waals surface area contributed by atoms with Gasteiger partial charge in [0.2, 0.25) is 5.91 Å². The number of nitrogens with zero attached hydrogens (tertiary/aromatic N) is 1. The van der Waals surface area contributed by atoms with E-state index in [0.717, 1.165) is 16.5 Å². The van der Waals surface area contributed by atoms with Crippen molar-refractivity contribution >= 4 is 28.8 Å². The largest absolute Gasteiger partial charge is 0.351 e. The average molecular weight is 347 g/mol. The highest BCUT2D eigenvalue weighted by Gasteiger charge is 2.12. The van der Waals surface area contributed by atoms with Crippen LogP contribution in [-0.4, -0.2) is 29.5 Å². The van der Waals surface area contributed by atoms with E-state index in [-0.39, 0.29) is 11.8 Å². The third-order valence-electron chi connectivity index (χ3n) is 4.08. The molecule has 0 bridgehead atoms. The van der Waals surface area contributed by atoms with E-state index < -0.39 is 0 Å². The number of aryl methyl sites for hydroxylation is 1. The molecule has 2 aromatic carbocycles. The Kier molecular flexibility index (Phi) is 5.49. The summed E-state index contributed by atoms with van der Waals surface area (Å²) in [6, 6.07) is 17.4. The number of nitrogens with one attached hydrogen (secondary N) is 2. The Morgan fingerprint density at radius 1 is 0.962 bits per heavy atom. The van der Waals surface area contributed by atoms with E-state index in [1.54, 1.807) is 6.08 Å². The fourth-order valence-corrected chi connectivity index (χ4v) is 2.77. The lowest BCUT2D eigenvalue weighted by molar-refractivity contribution is -0.116. The van der Waals surface area contributed by atoms with Crippen LogP contribution in [0.5, 0.6) is 0 Å². The number of aromatic nitrogens is 1. The van der Waals surface area contributed by atoms with Gasteiger partial charge >= 0.3 is 0 Å². The van der Waals surface area contributed by atoms with Gasteiger partial charge in [0.15, 0.2) is 0 Å². The first-order valence-corrected chi connectivity index (χ1v) is 8.48. The van der Waals surface area contributed by atoms with Crippen LogP contribution in [-0.2, 0) is 11.8 Å². The van der Waals surface area contributed by atoms with Crippen molar-refractivity contribution in [1.82, 2.24) is 15.2 Å². The van der Waals surface area contributed by atoms with Crippen LogP contribution in [0.1, 0.15) is 15.9 Å². The monoisotopic (exact) mass is 347 g/mol. The highest BCUT2D eigenvalue weighted by Crippen LogP contribution is 2.19. The van der Waals surface area contributed by atoms with Gasteiger partial charge in [0.1, 0.15) is 0 Å². The molecular formula is C21H21N3O2. The van der Waals surface area contributed by atoms with Gasteiger partial charge in [-0.05, 0) is 17.7 Å². The topological polar surface area (TPSA) is 63.1 Å². The summed E-state index contributed by atoms with van der Waals surface area (Å²) in [5.74, 6) is -0.330. The van der Waals surface area contributed by atoms with Gasteiger partial charge in [-0.15, -0.1) is 0 Å². The Bertz CT molecular complexity index is 942. The van der Waals surface area contributed by atoms with E-state index in [4.69, 9.17) is 0 Å². The van der Waals surface area contributed by atoms with Gasteiger partial charge in [0.25, 0.3) is 5.91 Å². The lowest BCUT2D eigenvalue weighted by Crippen LogP contribution is -2.33. The molecule has 0 spiro atoms. The summed E-state index contributed by atoms with van der Waals surface area (Å²) in [5, 5.41) is 6.52. The third kappa shape index (κ3) is 4.19. The first kappa shape index (κ1) is 17.5. The van der Waals surface area contributed by atoms with Gasteiger partial charge in [-0.25, -0.2) is 0 Å². The molecule has 0 radical (unpaired) electrons. The number of fused-ring (bicyclic) bond motifs is 1. The highest BCUT2D eigenvalue weighted by atomic mass is 16.2. The molecule has 5 nitrogen and oxygen atoms in total. The van der Waals surface area contributed by atoms with Crippen molar-refractivity contribution in [3.05, 3.63) is 78.0 Å². The van der Waals surface area contributed by atoms with Crippen molar-refractivity contribution in [3.8, 4) is 0 Å². The number of carbonyl (C=O) groups excluding carboxylic acids is 2. The van der Waals surface area contributed by atoms with Crippen LogP contribution in [0.25, 0.3) is 17.0 Å². The van der Waals surface area contributed by atoms with Crippen LogP contribution < -0.4 is 10.6 Å². The summed E-state index contributed by atoms with van der Waals surface area (Å²) in [5.41, 5.74) is 2.61. The number of rotatable bonds is 6. The molecule has 0 aliphatic heterocycles. The average Bonchev–Trinajstić information content (AvgIpc) is 3.01. The van der Waals surface area contributed by atoms with Gasteiger partial charge in [-0.3, -0.25) is 9.59 Å². The Morgan fingerprint density at radius 2 is 1.65 bits per heavy atom. The Morgan fingerprint density at radius 3 is 2.46 bits per heavy atom. The molecule has 132 valence electrons. The second kappa shape index (κ2) is 8.16. The summed E-state index contributed by atoms with van der Waals surface area (Å²) >= 11 is 0. The van der Waals surface area contributed by atoms with E-state index in [9.17, 15) is 9.59 Å². The standard InChI is InChI=1S/C21H21N3O2/c1-24-15-18(17-9-5-6-10-19(17)24)21(26)23-14-13-22-20(25)12-11-16-7-3-2-4-8-16/h2-12,15H,13-14H2,1H3,(H,22,25)(H,23,26). The predicted octanol–water partition coefficient (Wildman–Crippen LogP) is 2.74. The molecule has 0 saturated carbocycles. The quantitative estimate of drug-likeness (QED) is 0.532. The lowest BCUT2D eigenvalue weighted by Gasteiger charge is -2.05. The van der Waals surface area contributed by atoms with Crippen LogP contribution in [0.3, 0.4) is 0 Å². The number of para-hydroxylation sites is 1.